The molecule has 48 valence electrons. The topological polar surface area (TPSA) is 12.2 Å². The van der Waals surface area contributed by atoms with Crippen LogP contribution in [0.4, 0.5) is 0 Å². The summed E-state index contributed by atoms with van der Waals surface area (Å²) in [6.07, 6.45) is 2.05. The van der Waals surface area contributed by atoms with Crippen molar-refractivity contribution in [3.63, 3.8) is 0 Å². The van der Waals surface area contributed by atoms with E-state index in [0.717, 1.165) is 19.8 Å². The minimum Gasteiger partial charge on any atom is -1.00 e. The molecule has 0 bridgehead atoms. The van der Waals surface area contributed by atoms with Gasteiger partial charge in [0.25, 0.3) is 0 Å². The Morgan fingerprint density at radius 2 is 2.38 bits per heavy atom. The maximum Gasteiger partial charge on any atom is 0.165 e. The van der Waals surface area contributed by atoms with Crippen LogP contribution in [0.25, 0.3) is 0 Å². The highest BCUT2D eigenvalue weighted by molar-refractivity contribution is 5.52. The second kappa shape index (κ2) is 3.87. The van der Waals surface area contributed by atoms with Crippen molar-refractivity contribution >= 4 is 6.21 Å². The maximum absolute atomic E-state index is 5.04. The molecule has 0 saturated heterocycles. The van der Waals surface area contributed by atoms with Crippen LogP contribution >= 0.6 is 0 Å². The van der Waals surface area contributed by atoms with Gasteiger partial charge in [0.1, 0.15) is 20.3 Å². The molecule has 3 heteroatoms. The smallest absolute Gasteiger partial charge is 0.165 e. The minimum absolute atomic E-state index is 0. The van der Waals surface area contributed by atoms with E-state index < -0.39 is 0 Å². The first-order chi connectivity index (χ1) is 3.39. The molecule has 0 amide bonds. The lowest BCUT2D eigenvalue weighted by Gasteiger charge is -2.02. The second-order valence-corrected chi connectivity index (χ2v) is 1.74. The molecule has 0 aliphatic carbocycles. The molecular weight excluding hydrogens is 126 g/mol. The quantitative estimate of drug-likeness (QED) is 0.318. The van der Waals surface area contributed by atoms with Gasteiger partial charge < -0.3 is 17.1 Å². The third kappa shape index (κ3) is 2.28. The molecule has 1 heterocycles. The number of nitrogens with zero attached hydrogens (tertiary/aromatic N) is 1. The first kappa shape index (κ1) is 7.92. The van der Waals surface area contributed by atoms with Crippen LogP contribution in [0.5, 0.6) is 0 Å². The summed E-state index contributed by atoms with van der Waals surface area (Å²) in [5.74, 6) is 0. The number of hydrogen-bond donors (Lipinski definition) is 0. The molecule has 1 rings (SSSR count). The molecule has 1 aliphatic heterocycles. The van der Waals surface area contributed by atoms with Gasteiger partial charge in [0, 0.05) is 0 Å². The normalized spacial score (nSPS) is 18.9. The Morgan fingerprint density at radius 3 is 2.62 bits per heavy atom. The van der Waals surface area contributed by atoms with Gasteiger partial charge in [0.15, 0.2) is 12.8 Å². The molecular formula is C5H10ClNO. The zero-order valence-electron chi connectivity index (χ0n) is 4.93. The van der Waals surface area contributed by atoms with Crippen LogP contribution in [0.15, 0.2) is 0 Å². The maximum atomic E-state index is 5.04. The van der Waals surface area contributed by atoms with Gasteiger partial charge in [-0.1, -0.05) is 0 Å². The SMILES string of the molecule is C[N+]1=CCOCC1.[Cl-]. The van der Waals surface area contributed by atoms with E-state index >= 15 is 0 Å². The van der Waals surface area contributed by atoms with E-state index in [2.05, 4.69) is 11.6 Å². The minimum atomic E-state index is 0. The van der Waals surface area contributed by atoms with Crippen molar-refractivity contribution in [1.82, 2.24) is 0 Å². The lowest BCUT2D eigenvalue weighted by Crippen LogP contribution is -3.00. The van der Waals surface area contributed by atoms with Crippen molar-refractivity contribution in [3.8, 4) is 0 Å². The van der Waals surface area contributed by atoms with E-state index in [1.807, 2.05) is 6.21 Å². The summed E-state index contributed by atoms with van der Waals surface area (Å²) in [6.45, 7) is 2.71. The molecule has 1 aliphatic rings. The second-order valence-electron chi connectivity index (χ2n) is 1.74. The van der Waals surface area contributed by atoms with Crippen molar-refractivity contribution in [2.24, 2.45) is 0 Å². The number of rotatable bonds is 0. The van der Waals surface area contributed by atoms with E-state index in [1.165, 1.54) is 0 Å². The molecule has 0 unspecified atom stereocenters. The van der Waals surface area contributed by atoms with Crippen molar-refractivity contribution in [2.45, 2.75) is 0 Å². The van der Waals surface area contributed by atoms with Crippen molar-refractivity contribution in [2.75, 3.05) is 26.8 Å². The summed E-state index contributed by atoms with van der Waals surface area (Å²) >= 11 is 0. The Labute approximate surface area is 55.6 Å². The average Bonchev–Trinajstić information content (AvgIpc) is 1.69. The molecule has 8 heavy (non-hydrogen) atoms. The number of halogens is 1. The van der Waals surface area contributed by atoms with Gasteiger partial charge >= 0.3 is 0 Å². The fourth-order valence-corrected chi connectivity index (χ4v) is 0.563. The van der Waals surface area contributed by atoms with Gasteiger partial charge in [0.05, 0.1) is 0 Å². The molecule has 0 fully saturated rings. The third-order valence-corrected chi connectivity index (χ3v) is 1.09. The van der Waals surface area contributed by atoms with Gasteiger partial charge in [-0.2, -0.15) is 0 Å². The van der Waals surface area contributed by atoms with E-state index in [0.29, 0.717) is 0 Å². The molecule has 0 aromatic heterocycles. The van der Waals surface area contributed by atoms with Crippen molar-refractivity contribution < 1.29 is 21.7 Å². The van der Waals surface area contributed by atoms with Crippen LogP contribution in [-0.2, 0) is 4.74 Å². The third-order valence-electron chi connectivity index (χ3n) is 1.09. The van der Waals surface area contributed by atoms with Gasteiger partial charge in [-0.25, -0.2) is 4.58 Å². The van der Waals surface area contributed by atoms with E-state index in [1.54, 1.807) is 0 Å². The summed E-state index contributed by atoms with van der Waals surface area (Å²) in [6, 6.07) is 0. The van der Waals surface area contributed by atoms with Crippen LogP contribution in [0.1, 0.15) is 0 Å². The van der Waals surface area contributed by atoms with Crippen LogP contribution in [0.3, 0.4) is 0 Å². The Morgan fingerprint density at radius 1 is 1.62 bits per heavy atom. The first-order valence-electron chi connectivity index (χ1n) is 2.51. The predicted octanol–water partition coefficient (Wildman–Crippen LogP) is -3.27. The summed E-state index contributed by atoms with van der Waals surface area (Å²) in [5, 5.41) is 0. The van der Waals surface area contributed by atoms with Crippen LogP contribution in [0.2, 0.25) is 0 Å². The van der Waals surface area contributed by atoms with Crippen molar-refractivity contribution in [1.29, 1.82) is 0 Å². The molecule has 0 N–H and O–H groups in total. The predicted molar refractivity (Wildman–Crippen MR) is 27.9 cm³/mol. The molecule has 0 saturated carbocycles. The Hall–Kier alpha value is -0.0800. The summed E-state index contributed by atoms with van der Waals surface area (Å²) in [5.41, 5.74) is 0. The van der Waals surface area contributed by atoms with Gasteiger partial charge in [-0.15, -0.1) is 0 Å². The molecule has 0 radical (unpaired) electrons. The standard InChI is InChI=1S/C5H10NO.ClH/c1-6-2-4-7-5-3-6;/h2H,3-5H2,1H3;1H/q+1;/p-1. The number of hydrogen-bond acceptors (Lipinski definition) is 1. The number of ether oxygens (including phenoxy) is 1. The molecule has 0 spiro atoms. The summed E-state index contributed by atoms with van der Waals surface area (Å²) in [7, 11) is 2.06. The van der Waals surface area contributed by atoms with Crippen molar-refractivity contribution in [3.05, 3.63) is 0 Å². The van der Waals surface area contributed by atoms with E-state index in [9.17, 15) is 0 Å². The van der Waals surface area contributed by atoms with Gasteiger partial charge in [0.2, 0.25) is 0 Å². The zero-order valence-corrected chi connectivity index (χ0v) is 5.69. The molecule has 2 nitrogen and oxygen atoms in total. The monoisotopic (exact) mass is 135 g/mol. The Bertz CT molecular complexity index is 92.4. The summed E-state index contributed by atoms with van der Waals surface area (Å²) in [4.78, 5) is 0. The van der Waals surface area contributed by atoms with Crippen LogP contribution in [0, 0.1) is 0 Å². The van der Waals surface area contributed by atoms with Gasteiger partial charge in [-0.3, -0.25) is 0 Å². The first-order valence-corrected chi connectivity index (χ1v) is 2.51. The van der Waals surface area contributed by atoms with E-state index in [4.69, 9.17) is 4.74 Å². The highest BCUT2D eigenvalue weighted by Crippen LogP contribution is 1.79. The highest BCUT2D eigenvalue weighted by Gasteiger charge is 2.00. The van der Waals surface area contributed by atoms with Crippen LogP contribution < -0.4 is 12.4 Å². The average molecular weight is 136 g/mol. The summed E-state index contributed by atoms with van der Waals surface area (Å²) < 4.78 is 7.18. The Balaban J connectivity index is 0.000000490. The fraction of sp³-hybridized carbons (Fsp3) is 0.800. The van der Waals surface area contributed by atoms with Gasteiger partial charge in [-0.05, 0) is 0 Å². The lowest BCUT2D eigenvalue weighted by molar-refractivity contribution is -0.504. The number of likely N-dealkylation sites (N-methyl/N-ethyl adjacent to an activating group) is 1. The highest BCUT2D eigenvalue weighted by atomic mass is 35.5. The zero-order chi connectivity index (χ0) is 5.11. The fourth-order valence-electron chi connectivity index (χ4n) is 0.563. The Kier molecular flexibility index (Phi) is 3.83. The van der Waals surface area contributed by atoms with Crippen LogP contribution in [-0.4, -0.2) is 37.6 Å². The molecule has 0 aromatic carbocycles. The lowest BCUT2D eigenvalue weighted by atomic mass is 10.6. The van der Waals surface area contributed by atoms with E-state index in [-0.39, 0.29) is 12.4 Å². The molecule has 0 aromatic rings. The molecule has 0 atom stereocenters. The largest absolute Gasteiger partial charge is 1.00 e.